The summed E-state index contributed by atoms with van der Waals surface area (Å²) in [6.07, 6.45) is 3.75. The van der Waals surface area contributed by atoms with Crippen molar-refractivity contribution in [3.63, 3.8) is 0 Å². The molecule has 1 aliphatic carbocycles. The number of carbonyl (C=O) groups excluding carboxylic acids is 3. The Morgan fingerprint density at radius 3 is 2.60 bits per heavy atom. The minimum atomic E-state index is -1.23. The molecule has 20 heavy (non-hydrogen) atoms. The van der Waals surface area contributed by atoms with Gasteiger partial charge in [0.05, 0.1) is 6.61 Å². The molecule has 0 unspecified atom stereocenters. The molecule has 0 radical (unpaired) electrons. The lowest BCUT2D eigenvalue weighted by Gasteiger charge is -2.37. The summed E-state index contributed by atoms with van der Waals surface area (Å²) in [6.45, 7) is 6.58. The maximum atomic E-state index is 12.6. The highest BCUT2D eigenvalue weighted by Crippen LogP contribution is 2.39. The molecule has 1 rings (SSSR count). The van der Waals surface area contributed by atoms with Gasteiger partial charge in [0.25, 0.3) is 0 Å². The van der Waals surface area contributed by atoms with Crippen LogP contribution in [0.2, 0.25) is 0 Å². The van der Waals surface area contributed by atoms with E-state index in [-0.39, 0.29) is 18.3 Å². The number of hydrogen-bond donors (Lipinski definition) is 0. The molecule has 0 spiro atoms. The van der Waals surface area contributed by atoms with Crippen molar-refractivity contribution in [3.8, 4) is 0 Å². The van der Waals surface area contributed by atoms with Crippen LogP contribution in [0.1, 0.15) is 40.5 Å². The summed E-state index contributed by atoms with van der Waals surface area (Å²) < 4.78 is 10.1. The third-order valence-electron chi connectivity index (χ3n) is 3.63. The molecule has 0 aliphatic heterocycles. The third kappa shape index (κ3) is 3.26. The maximum Gasteiger partial charge on any atom is 0.319 e. The molecule has 0 aromatic rings. The van der Waals surface area contributed by atoms with Crippen LogP contribution < -0.4 is 0 Å². The van der Waals surface area contributed by atoms with Crippen molar-refractivity contribution >= 4 is 17.7 Å². The molecule has 0 amide bonds. The predicted octanol–water partition coefficient (Wildman–Crippen LogP) is 2.04. The van der Waals surface area contributed by atoms with E-state index in [1.165, 1.54) is 6.92 Å². The Morgan fingerprint density at radius 1 is 1.45 bits per heavy atom. The minimum absolute atomic E-state index is 0.182. The van der Waals surface area contributed by atoms with Gasteiger partial charge in [-0.2, -0.15) is 0 Å². The summed E-state index contributed by atoms with van der Waals surface area (Å²) in [6, 6.07) is 0. The van der Waals surface area contributed by atoms with Crippen molar-refractivity contribution in [3.05, 3.63) is 12.2 Å². The SMILES string of the molecule is C/C=C/[C@H]1CC[C@@](C)(C(=O)OCC)C(=O)[C@@H]1OC(C)=O. The van der Waals surface area contributed by atoms with Crippen LogP contribution in [0, 0.1) is 11.3 Å². The molecule has 0 saturated heterocycles. The van der Waals surface area contributed by atoms with Gasteiger partial charge in [-0.05, 0) is 33.6 Å². The molecule has 0 heterocycles. The van der Waals surface area contributed by atoms with E-state index in [1.807, 2.05) is 19.1 Å². The second-order valence-corrected chi connectivity index (χ2v) is 5.18. The fraction of sp³-hybridized carbons (Fsp3) is 0.667. The molecule has 0 bridgehead atoms. The van der Waals surface area contributed by atoms with Crippen LogP contribution in [0.5, 0.6) is 0 Å². The molecule has 5 heteroatoms. The molecular formula is C15H22O5. The van der Waals surface area contributed by atoms with Gasteiger partial charge >= 0.3 is 11.9 Å². The smallest absolute Gasteiger partial charge is 0.319 e. The van der Waals surface area contributed by atoms with E-state index in [2.05, 4.69) is 0 Å². The minimum Gasteiger partial charge on any atom is -0.465 e. The zero-order valence-electron chi connectivity index (χ0n) is 12.5. The van der Waals surface area contributed by atoms with E-state index in [0.29, 0.717) is 12.8 Å². The van der Waals surface area contributed by atoms with Crippen LogP contribution in [0.4, 0.5) is 0 Å². The highest BCUT2D eigenvalue weighted by atomic mass is 16.6. The van der Waals surface area contributed by atoms with Crippen molar-refractivity contribution in [2.45, 2.75) is 46.6 Å². The second-order valence-electron chi connectivity index (χ2n) is 5.18. The van der Waals surface area contributed by atoms with E-state index in [9.17, 15) is 14.4 Å². The zero-order valence-corrected chi connectivity index (χ0v) is 12.5. The first kappa shape index (κ1) is 16.4. The molecule has 1 aliphatic rings. The number of carbonyl (C=O) groups is 3. The van der Waals surface area contributed by atoms with Crippen molar-refractivity contribution < 1.29 is 23.9 Å². The number of ketones is 1. The van der Waals surface area contributed by atoms with Gasteiger partial charge in [0.1, 0.15) is 5.41 Å². The van der Waals surface area contributed by atoms with Crippen LogP contribution in [0.25, 0.3) is 0 Å². The lowest BCUT2D eigenvalue weighted by atomic mass is 9.69. The van der Waals surface area contributed by atoms with Gasteiger partial charge < -0.3 is 9.47 Å². The van der Waals surface area contributed by atoms with Gasteiger partial charge in [0, 0.05) is 12.8 Å². The van der Waals surface area contributed by atoms with Crippen molar-refractivity contribution in [2.75, 3.05) is 6.61 Å². The third-order valence-corrected chi connectivity index (χ3v) is 3.63. The topological polar surface area (TPSA) is 69.7 Å². The number of esters is 2. The Hall–Kier alpha value is -1.65. The molecule has 0 aromatic heterocycles. The lowest BCUT2D eigenvalue weighted by Crippen LogP contribution is -2.51. The summed E-state index contributed by atoms with van der Waals surface area (Å²) in [7, 11) is 0. The average molecular weight is 282 g/mol. The number of allylic oxidation sites excluding steroid dienone is 1. The quantitative estimate of drug-likeness (QED) is 0.448. The standard InChI is InChI=1S/C15H22O5/c1-5-7-11-8-9-15(4,14(18)19-6-2)13(17)12(11)20-10(3)16/h5,7,11-12H,6,8-9H2,1-4H3/b7-5+/t11-,12+,15+/m0/s1. The van der Waals surface area contributed by atoms with Gasteiger partial charge in [0.15, 0.2) is 11.9 Å². The van der Waals surface area contributed by atoms with Crippen LogP contribution in [0.15, 0.2) is 12.2 Å². The number of rotatable bonds is 4. The first-order chi connectivity index (χ1) is 9.36. The summed E-state index contributed by atoms with van der Waals surface area (Å²) in [4.78, 5) is 35.8. The lowest BCUT2D eigenvalue weighted by molar-refractivity contribution is -0.173. The monoisotopic (exact) mass is 282 g/mol. The van der Waals surface area contributed by atoms with E-state index in [4.69, 9.17) is 9.47 Å². The first-order valence-corrected chi connectivity index (χ1v) is 6.88. The molecule has 0 N–H and O–H groups in total. The summed E-state index contributed by atoms with van der Waals surface area (Å²) in [5.74, 6) is -1.62. The van der Waals surface area contributed by atoms with Gasteiger partial charge in [-0.15, -0.1) is 0 Å². The molecule has 1 saturated carbocycles. The van der Waals surface area contributed by atoms with Crippen LogP contribution >= 0.6 is 0 Å². The predicted molar refractivity (Wildman–Crippen MR) is 72.8 cm³/mol. The van der Waals surface area contributed by atoms with E-state index in [0.717, 1.165) is 0 Å². The fourth-order valence-corrected chi connectivity index (χ4v) is 2.50. The van der Waals surface area contributed by atoms with Crippen LogP contribution in [-0.2, 0) is 23.9 Å². The number of hydrogen-bond acceptors (Lipinski definition) is 5. The average Bonchev–Trinajstić information content (AvgIpc) is 2.38. The molecule has 1 fully saturated rings. The Labute approximate surface area is 119 Å². The van der Waals surface area contributed by atoms with Gasteiger partial charge in [-0.25, -0.2) is 0 Å². The fourth-order valence-electron chi connectivity index (χ4n) is 2.50. The van der Waals surface area contributed by atoms with E-state index < -0.39 is 23.5 Å². The molecule has 5 nitrogen and oxygen atoms in total. The van der Waals surface area contributed by atoms with Crippen molar-refractivity contribution in [1.82, 2.24) is 0 Å². The maximum absolute atomic E-state index is 12.6. The Kier molecular flexibility index (Phi) is 5.48. The Morgan fingerprint density at radius 2 is 2.10 bits per heavy atom. The largest absolute Gasteiger partial charge is 0.465 e. The molecule has 0 aromatic carbocycles. The normalized spacial score (nSPS) is 30.3. The summed E-state index contributed by atoms with van der Waals surface area (Å²) >= 11 is 0. The molecular weight excluding hydrogens is 260 g/mol. The number of Topliss-reactive ketones (excluding diaryl/α,β-unsaturated/α-hetero) is 1. The second kappa shape index (κ2) is 6.68. The first-order valence-electron chi connectivity index (χ1n) is 6.88. The molecule has 3 atom stereocenters. The summed E-state index contributed by atoms with van der Waals surface area (Å²) in [5, 5.41) is 0. The highest BCUT2D eigenvalue weighted by Gasteiger charge is 2.52. The zero-order chi connectivity index (χ0) is 15.3. The van der Waals surface area contributed by atoms with E-state index in [1.54, 1.807) is 13.8 Å². The van der Waals surface area contributed by atoms with Crippen LogP contribution in [0.3, 0.4) is 0 Å². The van der Waals surface area contributed by atoms with Crippen LogP contribution in [-0.4, -0.2) is 30.4 Å². The van der Waals surface area contributed by atoms with Crippen molar-refractivity contribution in [1.29, 1.82) is 0 Å². The van der Waals surface area contributed by atoms with Crippen molar-refractivity contribution in [2.24, 2.45) is 11.3 Å². The summed E-state index contributed by atoms with van der Waals surface area (Å²) in [5.41, 5.74) is -1.23. The Balaban J connectivity index is 3.03. The van der Waals surface area contributed by atoms with Gasteiger partial charge in [-0.3, -0.25) is 14.4 Å². The highest BCUT2D eigenvalue weighted by molar-refractivity contribution is 6.06. The number of ether oxygens (including phenoxy) is 2. The molecule has 112 valence electrons. The van der Waals surface area contributed by atoms with Gasteiger partial charge in [0.2, 0.25) is 0 Å². The Bertz CT molecular complexity index is 426. The van der Waals surface area contributed by atoms with Gasteiger partial charge in [-0.1, -0.05) is 12.2 Å². The van der Waals surface area contributed by atoms with E-state index >= 15 is 0 Å².